The second kappa shape index (κ2) is 4.61. The highest BCUT2D eigenvalue weighted by Gasteiger charge is 2.12. The van der Waals surface area contributed by atoms with Crippen molar-refractivity contribution in [1.29, 1.82) is 0 Å². The van der Waals surface area contributed by atoms with Crippen LogP contribution in [-0.4, -0.2) is 22.6 Å². The summed E-state index contributed by atoms with van der Waals surface area (Å²) in [5, 5.41) is 0. The van der Waals surface area contributed by atoms with Gasteiger partial charge in [0.1, 0.15) is 5.56 Å². The molecule has 0 aromatic carbocycles. The summed E-state index contributed by atoms with van der Waals surface area (Å²) < 4.78 is 5.89. The molecule has 86 valence electrons. The lowest BCUT2D eigenvalue weighted by Gasteiger charge is -2.06. The van der Waals surface area contributed by atoms with Gasteiger partial charge in [-0.2, -0.15) is 0 Å². The first-order valence-electron chi connectivity index (χ1n) is 4.94. The van der Waals surface area contributed by atoms with Gasteiger partial charge in [0.15, 0.2) is 0 Å². The Hall–Kier alpha value is -2.43. The van der Waals surface area contributed by atoms with Crippen molar-refractivity contribution in [2.75, 3.05) is 7.11 Å². The highest BCUT2D eigenvalue weighted by atomic mass is 16.5. The van der Waals surface area contributed by atoms with Crippen LogP contribution in [0.2, 0.25) is 0 Å². The zero-order valence-electron chi connectivity index (χ0n) is 9.16. The van der Waals surface area contributed by atoms with Crippen LogP contribution in [0.15, 0.2) is 47.7 Å². The van der Waals surface area contributed by atoms with Crippen LogP contribution in [0.5, 0.6) is 0 Å². The van der Waals surface area contributed by atoms with E-state index in [2.05, 4.69) is 9.72 Å². The van der Waals surface area contributed by atoms with E-state index in [0.717, 1.165) is 0 Å². The van der Waals surface area contributed by atoms with Crippen LogP contribution in [0.4, 0.5) is 0 Å². The smallest absolute Gasteiger partial charge is 0.343 e. The van der Waals surface area contributed by atoms with E-state index in [9.17, 15) is 9.59 Å². The van der Waals surface area contributed by atoms with Crippen molar-refractivity contribution < 1.29 is 9.53 Å². The first-order valence-corrected chi connectivity index (χ1v) is 4.94. The summed E-state index contributed by atoms with van der Waals surface area (Å²) in [6.45, 7) is 0. The first-order chi connectivity index (χ1) is 8.24. The first kappa shape index (κ1) is 11.1. The van der Waals surface area contributed by atoms with E-state index in [1.807, 2.05) is 0 Å². The zero-order chi connectivity index (χ0) is 12.3. The van der Waals surface area contributed by atoms with E-state index in [-0.39, 0.29) is 5.56 Å². The third-order valence-corrected chi connectivity index (χ3v) is 2.28. The van der Waals surface area contributed by atoms with E-state index in [0.29, 0.717) is 5.69 Å². The van der Waals surface area contributed by atoms with Crippen LogP contribution < -0.4 is 5.56 Å². The molecule has 0 amide bonds. The van der Waals surface area contributed by atoms with Gasteiger partial charge in [-0.05, 0) is 24.3 Å². The summed E-state index contributed by atoms with van der Waals surface area (Å²) in [5.74, 6) is -0.645. The van der Waals surface area contributed by atoms with Gasteiger partial charge in [-0.15, -0.1) is 0 Å². The summed E-state index contributed by atoms with van der Waals surface area (Å²) in [4.78, 5) is 27.3. The maximum atomic E-state index is 12.0. The Morgan fingerprint density at radius 2 is 2.18 bits per heavy atom. The van der Waals surface area contributed by atoms with Crippen molar-refractivity contribution in [2.24, 2.45) is 0 Å². The molecule has 0 saturated carbocycles. The number of nitrogens with zero attached hydrogens (tertiary/aromatic N) is 2. The van der Waals surface area contributed by atoms with Crippen molar-refractivity contribution in [2.45, 2.75) is 0 Å². The monoisotopic (exact) mass is 230 g/mol. The van der Waals surface area contributed by atoms with Crippen molar-refractivity contribution in [3.63, 3.8) is 0 Å². The van der Waals surface area contributed by atoms with Gasteiger partial charge in [-0.1, -0.05) is 0 Å². The van der Waals surface area contributed by atoms with Gasteiger partial charge >= 0.3 is 5.97 Å². The fraction of sp³-hybridized carbons (Fsp3) is 0.0833. The number of hydrogen-bond acceptors (Lipinski definition) is 4. The minimum absolute atomic E-state index is 0.00106. The molecule has 0 unspecified atom stereocenters. The molecule has 0 fully saturated rings. The summed E-state index contributed by atoms with van der Waals surface area (Å²) >= 11 is 0. The van der Waals surface area contributed by atoms with Crippen LogP contribution in [0.25, 0.3) is 5.69 Å². The fourth-order valence-electron chi connectivity index (χ4n) is 1.46. The highest BCUT2D eigenvalue weighted by Crippen LogP contribution is 2.03. The molecule has 0 aliphatic carbocycles. The maximum absolute atomic E-state index is 12.0. The number of ether oxygens (including phenoxy) is 1. The number of aromatic nitrogens is 2. The van der Waals surface area contributed by atoms with E-state index >= 15 is 0 Å². The summed E-state index contributed by atoms with van der Waals surface area (Å²) in [6.07, 6.45) is 4.73. The van der Waals surface area contributed by atoms with Crippen molar-refractivity contribution in [1.82, 2.24) is 9.55 Å². The molecule has 0 aliphatic heterocycles. The number of pyridine rings is 2. The molecule has 5 nitrogen and oxygen atoms in total. The maximum Gasteiger partial charge on any atom is 0.343 e. The predicted octanol–water partition coefficient (Wildman–Crippen LogP) is 1.02. The number of carbonyl (C=O) groups is 1. The molecule has 2 heterocycles. The summed E-state index contributed by atoms with van der Waals surface area (Å²) in [5.41, 5.74) is 0.175. The Labute approximate surface area is 97.3 Å². The van der Waals surface area contributed by atoms with Crippen LogP contribution in [0.3, 0.4) is 0 Å². The summed E-state index contributed by atoms with van der Waals surface area (Å²) in [7, 11) is 1.24. The Kier molecular flexibility index (Phi) is 3.00. The lowest BCUT2D eigenvalue weighted by atomic mass is 10.2. The molecular formula is C12H10N2O3. The number of esters is 1. The molecule has 0 spiro atoms. The summed E-state index contributed by atoms with van der Waals surface area (Å²) in [6, 6.07) is 6.49. The van der Waals surface area contributed by atoms with Crippen LogP contribution in [0, 0.1) is 0 Å². The number of methoxy groups -OCH3 is 1. The third kappa shape index (κ3) is 2.08. The fourth-order valence-corrected chi connectivity index (χ4v) is 1.46. The molecule has 17 heavy (non-hydrogen) atoms. The van der Waals surface area contributed by atoms with Gasteiger partial charge in [0.2, 0.25) is 0 Å². The molecule has 0 atom stereocenters. The topological polar surface area (TPSA) is 61.2 Å². The van der Waals surface area contributed by atoms with Gasteiger partial charge < -0.3 is 4.74 Å². The molecule has 2 rings (SSSR count). The minimum Gasteiger partial charge on any atom is -0.465 e. The Morgan fingerprint density at radius 1 is 1.35 bits per heavy atom. The predicted molar refractivity (Wildman–Crippen MR) is 61.2 cm³/mol. The molecule has 0 radical (unpaired) electrons. The van der Waals surface area contributed by atoms with Crippen LogP contribution in [0.1, 0.15) is 10.4 Å². The molecule has 0 N–H and O–H groups in total. The molecule has 0 saturated heterocycles. The highest BCUT2D eigenvalue weighted by molar-refractivity contribution is 5.88. The number of rotatable bonds is 2. The van der Waals surface area contributed by atoms with Crippen molar-refractivity contribution in [3.8, 4) is 5.69 Å². The lowest BCUT2D eigenvalue weighted by Crippen LogP contribution is -2.25. The van der Waals surface area contributed by atoms with Gasteiger partial charge in [0, 0.05) is 12.4 Å². The second-order valence-corrected chi connectivity index (χ2v) is 3.30. The largest absolute Gasteiger partial charge is 0.465 e. The Balaban J connectivity index is 2.58. The lowest BCUT2D eigenvalue weighted by molar-refractivity contribution is 0.0598. The van der Waals surface area contributed by atoms with Gasteiger partial charge in [0.05, 0.1) is 19.0 Å². The Morgan fingerprint density at radius 3 is 2.82 bits per heavy atom. The zero-order valence-corrected chi connectivity index (χ0v) is 9.16. The van der Waals surface area contributed by atoms with Crippen molar-refractivity contribution >= 4 is 5.97 Å². The van der Waals surface area contributed by atoms with E-state index in [4.69, 9.17) is 0 Å². The molecule has 2 aromatic rings. The van der Waals surface area contributed by atoms with Gasteiger partial charge in [-0.3, -0.25) is 14.3 Å². The SMILES string of the molecule is COC(=O)c1cccn(-c2cccnc2)c1=O. The molecule has 0 bridgehead atoms. The second-order valence-electron chi connectivity index (χ2n) is 3.30. The van der Waals surface area contributed by atoms with Gasteiger partial charge in [-0.25, -0.2) is 4.79 Å². The van der Waals surface area contributed by atoms with Crippen LogP contribution >= 0.6 is 0 Å². The van der Waals surface area contributed by atoms with Crippen LogP contribution in [-0.2, 0) is 4.74 Å². The van der Waals surface area contributed by atoms with E-state index in [1.54, 1.807) is 36.8 Å². The molecule has 2 aromatic heterocycles. The minimum atomic E-state index is -0.645. The molecule has 0 aliphatic rings. The molecule has 5 heteroatoms. The number of carbonyl (C=O) groups excluding carboxylic acids is 1. The standard InChI is InChI=1S/C12H10N2O3/c1-17-12(16)10-5-3-7-14(11(10)15)9-4-2-6-13-8-9/h2-8H,1H3. The van der Waals surface area contributed by atoms with Crippen molar-refractivity contribution in [3.05, 3.63) is 58.8 Å². The average molecular weight is 230 g/mol. The van der Waals surface area contributed by atoms with E-state index < -0.39 is 11.5 Å². The third-order valence-electron chi connectivity index (χ3n) is 2.28. The molecular weight excluding hydrogens is 220 g/mol. The number of hydrogen-bond donors (Lipinski definition) is 0. The van der Waals surface area contributed by atoms with E-state index in [1.165, 1.54) is 17.7 Å². The van der Waals surface area contributed by atoms with Gasteiger partial charge in [0.25, 0.3) is 5.56 Å². The quantitative estimate of drug-likeness (QED) is 0.722. The normalized spacial score (nSPS) is 9.94. The Bertz CT molecular complexity index is 590. The average Bonchev–Trinajstić information content (AvgIpc) is 2.39.